The van der Waals surface area contributed by atoms with Gasteiger partial charge in [0.25, 0.3) is 5.91 Å². The van der Waals surface area contributed by atoms with Gasteiger partial charge in [0, 0.05) is 19.7 Å². The number of rotatable bonds is 6. The number of benzene rings is 2. The molecule has 5 heteroatoms. The van der Waals surface area contributed by atoms with Crippen molar-refractivity contribution in [3.8, 4) is 5.75 Å². The van der Waals surface area contributed by atoms with E-state index in [-0.39, 0.29) is 11.6 Å². The Morgan fingerprint density at radius 3 is 2.52 bits per heavy atom. The van der Waals surface area contributed by atoms with Crippen molar-refractivity contribution < 1.29 is 14.4 Å². The minimum atomic E-state index is -0.221. The number of carbonyl (C=O) groups is 1. The maximum absolute atomic E-state index is 12.4. The van der Waals surface area contributed by atoms with Crippen LogP contribution in [0.2, 0.25) is 0 Å². The van der Waals surface area contributed by atoms with Gasteiger partial charge in [-0.25, -0.2) is 0 Å². The summed E-state index contributed by atoms with van der Waals surface area (Å²) in [6, 6.07) is 13.6. The lowest BCUT2D eigenvalue weighted by molar-refractivity contribution is -0.121. The van der Waals surface area contributed by atoms with Crippen LogP contribution < -0.4 is 4.74 Å². The highest BCUT2D eigenvalue weighted by Crippen LogP contribution is 2.21. The third-order valence-corrected chi connectivity index (χ3v) is 3.79. The predicted octanol–water partition coefficient (Wildman–Crippen LogP) is 3.32. The number of ether oxygens (including phenoxy) is 1. The number of oxime groups is 1. The second-order valence-corrected chi connectivity index (χ2v) is 6.04. The number of amides is 1. The highest BCUT2D eigenvalue weighted by Gasteiger charge is 2.20. The van der Waals surface area contributed by atoms with E-state index in [1.807, 2.05) is 50.2 Å². The average Bonchev–Trinajstić information content (AvgIpc) is 2.60. The predicted molar refractivity (Wildman–Crippen MR) is 98.9 cm³/mol. The lowest BCUT2D eigenvalue weighted by Crippen LogP contribution is -2.31. The molecule has 5 nitrogen and oxygen atoms in total. The van der Waals surface area contributed by atoms with Gasteiger partial charge < -0.3 is 14.5 Å². The lowest BCUT2D eigenvalue weighted by Gasteiger charge is -2.16. The first kappa shape index (κ1) is 18.5. The van der Waals surface area contributed by atoms with Gasteiger partial charge in [0.2, 0.25) is 0 Å². The van der Waals surface area contributed by atoms with Crippen LogP contribution in [0.5, 0.6) is 5.75 Å². The van der Waals surface area contributed by atoms with Gasteiger partial charge in [-0.1, -0.05) is 41.6 Å². The van der Waals surface area contributed by atoms with E-state index in [4.69, 9.17) is 9.57 Å². The zero-order chi connectivity index (χ0) is 18.4. The van der Waals surface area contributed by atoms with E-state index in [0.29, 0.717) is 12.2 Å². The summed E-state index contributed by atoms with van der Waals surface area (Å²) >= 11 is 0. The van der Waals surface area contributed by atoms with Crippen molar-refractivity contribution in [1.82, 2.24) is 4.90 Å². The van der Waals surface area contributed by atoms with Crippen LogP contribution in [0.15, 0.2) is 47.6 Å². The molecule has 0 spiro atoms. The van der Waals surface area contributed by atoms with Crippen molar-refractivity contribution in [3.63, 3.8) is 0 Å². The molecule has 25 heavy (non-hydrogen) atoms. The maximum Gasteiger partial charge on any atom is 0.276 e. The number of carbonyl (C=O) groups excluding carboxylic acids is 1. The minimum Gasteiger partial charge on any atom is -0.489 e. The largest absolute Gasteiger partial charge is 0.489 e. The van der Waals surface area contributed by atoms with Crippen LogP contribution >= 0.6 is 0 Å². The molecule has 0 atom stereocenters. The summed E-state index contributed by atoms with van der Waals surface area (Å²) in [6.07, 6.45) is 0. The van der Waals surface area contributed by atoms with E-state index in [2.05, 4.69) is 11.2 Å². The first-order valence-electron chi connectivity index (χ1n) is 8.05. The molecular formula is C20H24N2O3. The van der Waals surface area contributed by atoms with Crippen molar-refractivity contribution in [1.29, 1.82) is 0 Å². The molecule has 0 radical (unpaired) electrons. The number of nitrogens with zero attached hydrogens (tertiary/aromatic N) is 2. The topological polar surface area (TPSA) is 51.1 Å². The van der Waals surface area contributed by atoms with Crippen molar-refractivity contribution in [3.05, 3.63) is 64.7 Å². The summed E-state index contributed by atoms with van der Waals surface area (Å²) in [6.45, 7) is 4.37. The number of hydrogen-bond donors (Lipinski definition) is 0. The smallest absolute Gasteiger partial charge is 0.276 e. The zero-order valence-electron chi connectivity index (χ0n) is 15.4. The van der Waals surface area contributed by atoms with Gasteiger partial charge in [-0.05, 0) is 36.6 Å². The Morgan fingerprint density at radius 2 is 1.84 bits per heavy atom. The van der Waals surface area contributed by atoms with Crippen LogP contribution in [0.1, 0.15) is 22.3 Å². The van der Waals surface area contributed by atoms with E-state index in [1.54, 1.807) is 14.1 Å². The molecule has 0 aliphatic rings. The van der Waals surface area contributed by atoms with E-state index in [1.165, 1.54) is 12.0 Å². The molecule has 0 bridgehead atoms. The van der Waals surface area contributed by atoms with Crippen molar-refractivity contribution >= 4 is 11.6 Å². The van der Waals surface area contributed by atoms with Crippen molar-refractivity contribution in [2.24, 2.45) is 5.16 Å². The van der Waals surface area contributed by atoms with Crippen LogP contribution in [0, 0.1) is 13.8 Å². The summed E-state index contributed by atoms with van der Waals surface area (Å²) in [5.74, 6) is 0.611. The normalized spacial score (nSPS) is 11.2. The lowest BCUT2D eigenvalue weighted by atomic mass is 10.0. The summed E-state index contributed by atoms with van der Waals surface area (Å²) in [7, 11) is 4.80. The first-order chi connectivity index (χ1) is 11.9. The zero-order valence-corrected chi connectivity index (χ0v) is 15.4. The van der Waals surface area contributed by atoms with Crippen molar-refractivity contribution in [2.75, 3.05) is 21.2 Å². The quantitative estimate of drug-likeness (QED) is 0.599. The van der Waals surface area contributed by atoms with E-state index >= 15 is 0 Å². The van der Waals surface area contributed by atoms with Gasteiger partial charge in [0.15, 0.2) is 5.71 Å². The summed E-state index contributed by atoms with van der Waals surface area (Å²) < 4.78 is 5.99. The van der Waals surface area contributed by atoms with Gasteiger partial charge in [-0.15, -0.1) is 0 Å². The van der Waals surface area contributed by atoms with Gasteiger partial charge in [-0.2, -0.15) is 0 Å². The number of aryl methyl sites for hydroxylation is 2. The van der Waals surface area contributed by atoms with Crippen LogP contribution in [-0.2, 0) is 16.2 Å². The van der Waals surface area contributed by atoms with Crippen molar-refractivity contribution in [2.45, 2.75) is 20.5 Å². The van der Waals surface area contributed by atoms with Crippen LogP contribution in [0.25, 0.3) is 0 Å². The summed E-state index contributed by atoms with van der Waals surface area (Å²) in [4.78, 5) is 18.8. The minimum absolute atomic E-state index is 0.221. The van der Waals surface area contributed by atoms with Crippen LogP contribution in [0.3, 0.4) is 0 Å². The molecule has 0 aromatic heterocycles. The second-order valence-electron chi connectivity index (χ2n) is 6.04. The third kappa shape index (κ3) is 4.59. The Kier molecular flexibility index (Phi) is 6.17. The Bertz CT molecular complexity index is 782. The highest BCUT2D eigenvalue weighted by atomic mass is 16.6. The molecule has 0 aliphatic heterocycles. The van der Waals surface area contributed by atoms with Crippen LogP contribution in [0.4, 0.5) is 0 Å². The fourth-order valence-corrected chi connectivity index (χ4v) is 2.40. The van der Waals surface area contributed by atoms with Gasteiger partial charge in [-0.3, -0.25) is 4.79 Å². The van der Waals surface area contributed by atoms with Gasteiger partial charge in [0.1, 0.15) is 19.5 Å². The maximum atomic E-state index is 12.4. The fraction of sp³-hybridized carbons (Fsp3) is 0.300. The molecule has 0 heterocycles. The van der Waals surface area contributed by atoms with E-state index in [9.17, 15) is 4.79 Å². The summed E-state index contributed by atoms with van der Waals surface area (Å²) in [5.41, 5.74) is 4.03. The molecule has 1 amide bonds. The highest BCUT2D eigenvalue weighted by molar-refractivity contribution is 6.45. The van der Waals surface area contributed by atoms with Crippen LogP contribution in [-0.4, -0.2) is 37.7 Å². The molecule has 0 N–H and O–H groups in total. The van der Waals surface area contributed by atoms with Gasteiger partial charge in [0.05, 0.1) is 0 Å². The molecule has 2 aromatic rings. The molecule has 0 unspecified atom stereocenters. The molecule has 0 aliphatic carbocycles. The molecule has 2 aromatic carbocycles. The molecule has 132 valence electrons. The molecular weight excluding hydrogens is 316 g/mol. The fourth-order valence-electron chi connectivity index (χ4n) is 2.40. The van der Waals surface area contributed by atoms with E-state index < -0.39 is 0 Å². The first-order valence-corrected chi connectivity index (χ1v) is 8.05. The number of likely N-dealkylation sites (N-methyl/N-ethyl adjacent to an activating group) is 1. The average molecular weight is 340 g/mol. The standard InChI is InChI=1S/C20H24N2O3/c1-14-10-11-15(2)18(12-14)25-13-16-8-6-7-9-17(16)19(21-24-5)20(23)22(3)4/h6-12H,13H2,1-5H3. The Morgan fingerprint density at radius 1 is 1.12 bits per heavy atom. The van der Waals surface area contributed by atoms with E-state index in [0.717, 1.165) is 22.4 Å². The Labute approximate surface area is 148 Å². The Hall–Kier alpha value is -2.82. The molecule has 2 rings (SSSR count). The second kappa shape index (κ2) is 8.33. The SMILES string of the molecule is CON=C(C(=O)N(C)C)c1ccccc1COc1cc(C)ccc1C. The number of hydrogen-bond acceptors (Lipinski definition) is 4. The third-order valence-electron chi connectivity index (χ3n) is 3.79. The molecule has 0 fully saturated rings. The monoisotopic (exact) mass is 340 g/mol. The Balaban J connectivity index is 2.32. The summed E-state index contributed by atoms with van der Waals surface area (Å²) in [5, 5.41) is 3.93. The molecule has 0 saturated heterocycles. The van der Waals surface area contributed by atoms with Gasteiger partial charge >= 0.3 is 0 Å². The molecule has 0 saturated carbocycles.